The summed E-state index contributed by atoms with van der Waals surface area (Å²) in [7, 11) is 0. The molecule has 0 spiro atoms. The largest absolute Gasteiger partial charge is 0.382 e. The molecule has 0 N–H and O–H groups in total. The molecule has 0 heterocycles. The highest BCUT2D eigenvalue weighted by Gasteiger charge is 2.12. The molecule has 1 aromatic carbocycles. The third-order valence-electron chi connectivity index (χ3n) is 2.27. The Morgan fingerprint density at radius 1 is 1.44 bits per heavy atom. The van der Waals surface area contributed by atoms with E-state index >= 15 is 0 Å². The maximum atomic E-state index is 13.4. The Bertz CT molecular complexity index is 311. The van der Waals surface area contributed by atoms with Gasteiger partial charge in [0.1, 0.15) is 5.82 Å². The standard InChI is InChI=1S/C12H15Cl2FO/c1-2-16-7-6-9(13)8-10-11(14)4-3-5-12(10)15/h3-5,9H,2,6-8H2,1H3. The summed E-state index contributed by atoms with van der Waals surface area (Å²) >= 11 is 12.0. The van der Waals surface area contributed by atoms with Crippen LogP contribution >= 0.6 is 23.2 Å². The molecule has 1 atom stereocenters. The fourth-order valence-electron chi connectivity index (χ4n) is 1.41. The van der Waals surface area contributed by atoms with Gasteiger partial charge in [-0.25, -0.2) is 4.39 Å². The van der Waals surface area contributed by atoms with Gasteiger partial charge in [0.15, 0.2) is 0 Å². The summed E-state index contributed by atoms with van der Waals surface area (Å²) < 4.78 is 18.6. The summed E-state index contributed by atoms with van der Waals surface area (Å²) in [5.74, 6) is -0.297. The molecule has 16 heavy (non-hydrogen) atoms. The Morgan fingerprint density at radius 2 is 2.19 bits per heavy atom. The van der Waals surface area contributed by atoms with Crippen molar-refractivity contribution in [3.05, 3.63) is 34.6 Å². The normalized spacial score (nSPS) is 12.8. The number of ether oxygens (including phenoxy) is 1. The van der Waals surface area contributed by atoms with Gasteiger partial charge in [0.2, 0.25) is 0 Å². The molecule has 0 fully saturated rings. The number of hydrogen-bond acceptors (Lipinski definition) is 1. The number of alkyl halides is 1. The third-order valence-corrected chi connectivity index (χ3v) is 2.99. The quantitative estimate of drug-likeness (QED) is 0.556. The van der Waals surface area contributed by atoms with Gasteiger partial charge in [-0.3, -0.25) is 0 Å². The summed E-state index contributed by atoms with van der Waals surface area (Å²) in [6.07, 6.45) is 1.13. The van der Waals surface area contributed by atoms with Crippen LogP contribution in [0.2, 0.25) is 5.02 Å². The van der Waals surface area contributed by atoms with Gasteiger partial charge in [0, 0.05) is 29.2 Å². The SMILES string of the molecule is CCOCCC(Cl)Cc1c(F)cccc1Cl. The highest BCUT2D eigenvalue weighted by molar-refractivity contribution is 6.31. The van der Waals surface area contributed by atoms with Crippen LogP contribution in [0.3, 0.4) is 0 Å². The summed E-state index contributed by atoms with van der Waals surface area (Å²) in [4.78, 5) is 0. The Morgan fingerprint density at radius 3 is 2.81 bits per heavy atom. The van der Waals surface area contributed by atoms with Crippen LogP contribution in [0.1, 0.15) is 18.9 Å². The second-order valence-electron chi connectivity index (χ2n) is 3.49. The fourth-order valence-corrected chi connectivity index (χ4v) is 1.89. The van der Waals surface area contributed by atoms with E-state index in [0.29, 0.717) is 36.6 Å². The van der Waals surface area contributed by atoms with E-state index in [9.17, 15) is 4.39 Å². The summed E-state index contributed by atoms with van der Waals surface area (Å²) in [5.41, 5.74) is 0.487. The first-order chi connectivity index (χ1) is 7.65. The zero-order valence-corrected chi connectivity index (χ0v) is 10.7. The Balaban J connectivity index is 2.52. The lowest BCUT2D eigenvalue weighted by Gasteiger charge is -2.11. The average molecular weight is 265 g/mol. The first-order valence-corrected chi connectivity index (χ1v) is 6.11. The number of hydrogen-bond donors (Lipinski definition) is 0. The smallest absolute Gasteiger partial charge is 0.127 e. The monoisotopic (exact) mass is 264 g/mol. The predicted octanol–water partition coefficient (Wildman–Crippen LogP) is 4.06. The Kier molecular flexibility index (Phi) is 6.10. The van der Waals surface area contributed by atoms with Crippen LogP contribution in [0.4, 0.5) is 4.39 Å². The molecule has 90 valence electrons. The molecular weight excluding hydrogens is 250 g/mol. The number of halogens is 3. The molecule has 0 radical (unpaired) electrons. The lowest BCUT2D eigenvalue weighted by Crippen LogP contribution is -2.09. The second-order valence-corrected chi connectivity index (χ2v) is 4.51. The molecular formula is C12H15Cl2FO. The summed E-state index contributed by atoms with van der Waals surface area (Å²) in [6.45, 7) is 3.19. The van der Waals surface area contributed by atoms with E-state index in [1.807, 2.05) is 6.92 Å². The number of rotatable bonds is 6. The second kappa shape index (κ2) is 7.10. The van der Waals surface area contributed by atoms with Crippen molar-refractivity contribution in [2.45, 2.75) is 25.1 Å². The van der Waals surface area contributed by atoms with E-state index in [0.717, 1.165) is 0 Å². The third kappa shape index (κ3) is 4.28. The molecule has 0 saturated carbocycles. The maximum Gasteiger partial charge on any atom is 0.127 e. The zero-order chi connectivity index (χ0) is 12.0. The molecule has 0 aliphatic heterocycles. The van der Waals surface area contributed by atoms with E-state index in [4.69, 9.17) is 27.9 Å². The van der Waals surface area contributed by atoms with Crippen LogP contribution < -0.4 is 0 Å². The average Bonchev–Trinajstić information content (AvgIpc) is 2.24. The van der Waals surface area contributed by atoms with Gasteiger partial charge in [-0.05, 0) is 31.9 Å². The van der Waals surface area contributed by atoms with Crippen LogP contribution in [0.15, 0.2) is 18.2 Å². The molecule has 1 aromatic rings. The summed E-state index contributed by atoms with van der Waals surface area (Å²) in [5, 5.41) is 0.281. The molecule has 0 aromatic heterocycles. The van der Waals surface area contributed by atoms with E-state index in [2.05, 4.69) is 0 Å². The van der Waals surface area contributed by atoms with Crippen LogP contribution in [-0.2, 0) is 11.2 Å². The molecule has 1 unspecified atom stereocenters. The minimum atomic E-state index is -0.297. The van der Waals surface area contributed by atoms with Crippen molar-refractivity contribution in [3.63, 3.8) is 0 Å². The first-order valence-electron chi connectivity index (χ1n) is 5.29. The molecule has 0 bridgehead atoms. The van der Waals surface area contributed by atoms with Gasteiger partial charge in [0.05, 0.1) is 0 Å². The minimum absolute atomic E-state index is 0.152. The van der Waals surface area contributed by atoms with E-state index in [-0.39, 0.29) is 11.2 Å². The van der Waals surface area contributed by atoms with Crippen molar-refractivity contribution < 1.29 is 9.13 Å². The van der Waals surface area contributed by atoms with Gasteiger partial charge in [0.25, 0.3) is 0 Å². The molecule has 1 nitrogen and oxygen atoms in total. The first kappa shape index (κ1) is 13.8. The van der Waals surface area contributed by atoms with Crippen molar-refractivity contribution >= 4 is 23.2 Å². The van der Waals surface area contributed by atoms with E-state index < -0.39 is 0 Å². The van der Waals surface area contributed by atoms with Crippen molar-refractivity contribution in [3.8, 4) is 0 Å². The fraction of sp³-hybridized carbons (Fsp3) is 0.500. The van der Waals surface area contributed by atoms with Crippen LogP contribution in [-0.4, -0.2) is 18.6 Å². The van der Waals surface area contributed by atoms with E-state index in [1.165, 1.54) is 6.07 Å². The topological polar surface area (TPSA) is 9.23 Å². The zero-order valence-electron chi connectivity index (χ0n) is 9.18. The van der Waals surface area contributed by atoms with Crippen LogP contribution in [0, 0.1) is 5.82 Å². The van der Waals surface area contributed by atoms with Gasteiger partial charge >= 0.3 is 0 Å². The highest BCUT2D eigenvalue weighted by atomic mass is 35.5. The maximum absolute atomic E-state index is 13.4. The molecule has 1 rings (SSSR count). The molecule has 0 aliphatic carbocycles. The van der Waals surface area contributed by atoms with Crippen LogP contribution in [0.25, 0.3) is 0 Å². The molecule has 0 amide bonds. The Hall–Kier alpha value is -0.310. The number of benzene rings is 1. The molecule has 4 heteroatoms. The molecule has 0 saturated heterocycles. The highest BCUT2D eigenvalue weighted by Crippen LogP contribution is 2.22. The Labute approximate surface area is 106 Å². The van der Waals surface area contributed by atoms with Gasteiger partial charge in [-0.2, -0.15) is 0 Å². The van der Waals surface area contributed by atoms with Gasteiger partial charge in [-0.15, -0.1) is 11.6 Å². The van der Waals surface area contributed by atoms with Gasteiger partial charge < -0.3 is 4.74 Å². The predicted molar refractivity (Wildman–Crippen MR) is 65.9 cm³/mol. The lowest BCUT2D eigenvalue weighted by molar-refractivity contribution is 0.144. The molecule has 0 aliphatic rings. The minimum Gasteiger partial charge on any atom is -0.382 e. The van der Waals surface area contributed by atoms with Crippen molar-refractivity contribution in [2.24, 2.45) is 0 Å². The van der Waals surface area contributed by atoms with Crippen molar-refractivity contribution in [2.75, 3.05) is 13.2 Å². The van der Waals surface area contributed by atoms with Crippen molar-refractivity contribution in [1.29, 1.82) is 0 Å². The van der Waals surface area contributed by atoms with Crippen LogP contribution in [0.5, 0.6) is 0 Å². The summed E-state index contributed by atoms with van der Waals surface area (Å²) in [6, 6.07) is 4.66. The van der Waals surface area contributed by atoms with E-state index in [1.54, 1.807) is 12.1 Å². The lowest BCUT2D eigenvalue weighted by atomic mass is 10.1. The van der Waals surface area contributed by atoms with Crippen molar-refractivity contribution in [1.82, 2.24) is 0 Å². The van der Waals surface area contributed by atoms with Gasteiger partial charge in [-0.1, -0.05) is 17.7 Å².